The number of pyridine rings is 2. The summed E-state index contributed by atoms with van der Waals surface area (Å²) in [4.78, 5) is 28.9. The van der Waals surface area contributed by atoms with E-state index in [2.05, 4.69) is 40.1 Å². The number of piperidine rings is 1. The number of rotatable bonds is 4. The van der Waals surface area contributed by atoms with Gasteiger partial charge in [0, 0.05) is 42.3 Å². The van der Waals surface area contributed by atoms with E-state index < -0.39 is 0 Å². The van der Waals surface area contributed by atoms with E-state index in [4.69, 9.17) is 10.3 Å². The number of aliphatic imine (C=N–C) groups is 1. The second-order valence-corrected chi connectivity index (χ2v) is 9.75. The largest absolute Gasteiger partial charge is 0.356 e. The molecule has 2 aromatic heterocycles. The number of benzene rings is 1. The molecule has 0 spiro atoms. The molecule has 0 bridgehead atoms. The fraction of sp³-hybridized carbons (Fsp3) is 0.321. The summed E-state index contributed by atoms with van der Waals surface area (Å²) in [5.41, 5.74) is 6.19. The van der Waals surface area contributed by atoms with Gasteiger partial charge in [-0.05, 0) is 66.6 Å². The van der Waals surface area contributed by atoms with Gasteiger partial charge in [0.15, 0.2) is 0 Å². The van der Waals surface area contributed by atoms with Crippen molar-refractivity contribution in [1.29, 1.82) is 5.26 Å². The number of nitrogens with one attached hydrogen (secondary N) is 1. The van der Waals surface area contributed by atoms with Crippen LogP contribution in [0.5, 0.6) is 0 Å². The van der Waals surface area contributed by atoms with Crippen LogP contribution in [0, 0.1) is 30.1 Å². The van der Waals surface area contributed by atoms with E-state index in [9.17, 15) is 4.79 Å². The Labute approximate surface area is 205 Å². The number of carbonyl (C=O) groups is 1. The average molecular weight is 465 g/mol. The molecule has 2 aliphatic heterocycles. The summed E-state index contributed by atoms with van der Waals surface area (Å²) in [7, 11) is 0. The van der Waals surface area contributed by atoms with Gasteiger partial charge in [-0.3, -0.25) is 9.79 Å². The first-order valence-corrected chi connectivity index (χ1v) is 12.0. The maximum absolute atomic E-state index is 12.9. The number of hydrogen-bond donors (Lipinski definition) is 1. The molecule has 4 heterocycles. The summed E-state index contributed by atoms with van der Waals surface area (Å²) in [6.07, 6.45) is 4.53. The fourth-order valence-electron chi connectivity index (χ4n) is 5.16. The third-order valence-electron chi connectivity index (χ3n) is 6.66. The highest BCUT2D eigenvalue weighted by Crippen LogP contribution is 2.29. The topological polar surface area (TPSA) is 94.3 Å². The van der Waals surface area contributed by atoms with E-state index in [-0.39, 0.29) is 5.91 Å². The fourth-order valence-corrected chi connectivity index (χ4v) is 5.16. The lowest BCUT2D eigenvalue weighted by molar-refractivity contribution is 0.102. The summed E-state index contributed by atoms with van der Waals surface area (Å²) in [5.74, 6) is 1.98. The lowest BCUT2D eigenvalue weighted by Crippen LogP contribution is -2.39. The van der Waals surface area contributed by atoms with Crippen LogP contribution in [0.2, 0.25) is 0 Å². The second kappa shape index (κ2) is 9.30. The minimum absolute atomic E-state index is 0.303. The summed E-state index contributed by atoms with van der Waals surface area (Å²) in [6.45, 7) is 9.03. The molecule has 1 aromatic carbocycles. The molecule has 7 nitrogen and oxygen atoms in total. The van der Waals surface area contributed by atoms with Crippen molar-refractivity contribution >= 4 is 23.1 Å². The Morgan fingerprint density at radius 1 is 1.11 bits per heavy atom. The molecule has 1 N–H and O–H groups in total. The maximum atomic E-state index is 12.9. The van der Waals surface area contributed by atoms with E-state index in [0.717, 1.165) is 41.3 Å². The van der Waals surface area contributed by atoms with Crippen molar-refractivity contribution in [2.75, 3.05) is 23.3 Å². The van der Waals surface area contributed by atoms with E-state index in [1.165, 1.54) is 12.6 Å². The molecule has 35 heavy (non-hydrogen) atoms. The van der Waals surface area contributed by atoms with Crippen molar-refractivity contribution in [2.24, 2.45) is 16.8 Å². The maximum Gasteiger partial charge on any atom is 0.274 e. The lowest BCUT2D eigenvalue weighted by atomic mass is 9.92. The third-order valence-corrected chi connectivity index (χ3v) is 6.66. The van der Waals surface area contributed by atoms with E-state index in [1.54, 1.807) is 13.0 Å². The number of amides is 1. The number of aryl methyl sites for hydroxylation is 1. The Balaban J connectivity index is 1.39. The van der Waals surface area contributed by atoms with Gasteiger partial charge >= 0.3 is 0 Å². The monoisotopic (exact) mass is 464 g/mol. The molecule has 1 amide bonds. The number of carbonyl (C=O) groups excluding carboxylic acids is 1. The average Bonchev–Trinajstić information content (AvgIpc) is 3.26. The van der Waals surface area contributed by atoms with E-state index in [1.807, 2.05) is 36.5 Å². The van der Waals surface area contributed by atoms with Crippen molar-refractivity contribution in [3.63, 3.8) is 0 Å². The second-order valence-electron chi connectivity index (χ2n) is 9.75. The first kappa shape index (κ1) is 22.7. The third kappa shape index (κ3) is 4.65. The highest BCUT2D eigenvalue weighted by Gasteiger charge is 2.24. The Kier molecular flexibility index (Phi) is 6.04. The quantitative estimate of drug-likeness (QED) is 0.602. The van der Waals surface area contributed by atoms with Crippen LogP contribution in [0.3, 0.4) is 0 Å². The number of aromatic nitrogens is 2. The van der Waals surface area contributed by atoms with Crippen LogP contribution in [0.4, 0.5) is 11.5 Å². The molecule has 5 rings (SSSR count). The zero-order chi connectivity index (χ0) is 24.5. The number of anilines is 2. The molecule has 0 saturated carbocycles. The van der Waals surface area contributed by atoms with Crippen LogP contribution in [0.15, 0.2) is 53.8 Å². The normalized spacial score (nSPS) is 19.0. The van der Waals surface area contributed by atoms with Crippen molar-refractivity contribution in [3.8, 4) is 6.07 Å². The van der Waals surface area contributed by atoms with Crippen LogP contribution in [-0.4, -0.2) is 34.7 Å². The zero-order valence-corrected chi connectivity index (χ0v) is 20.2. The van der Waals surface area contributed by atoms with Crippen LogP contribution in [-0.2, 0) is 6.54 Å². The van der Waals surface area contributed by atoms with Crippen LogP contribution in [0.1, 0.15) is 58.6 Å². The van der Waals surface area contributed by atoms with Gasteiger partial charge in [0.1, 0.15) is 17.6 Å². The SMILES string of the molecule is Cc1cc(C#N)cnc1C(=O)Nc1ccc2c(c1)C(c1ccnc(N3C[C@H](C)C[C@H](C)C3)c1)=NC2. The molecule has 1 saturated heterocycles. The molecular weight excluding hydrogens is 436 g/mol. The molecule has 0 unspecified atom stereocenters. The van der Waals surface area contributed by atoms with Gasteiger partial charge in [0.2, 0.25) is 0 Å². The Morgan fingerprint density at radius 3 is 2.66 bits per heavy atom. The van der Waals surface area contributed by atoms with E-state index in [0.29, 0.717) is 40.9 Å². The van der Waals surface area contributed by atoms with Crippen molar-refractivity contribution in [3.05, 3.63) is 82.3 Å². The highest BCUT2D eigenvalue weighted by atomic mass is 16.1. The van der Waals surface area contributed by atoms with Gasteiger partial charge in [-0.25, -0.2) is 9.97 Å². The smallest absolute Gasteiger partial charge is 0.274 e. The Bertz CT molecular complexity index is 1360. The first-order valence-electron chi connectivity index (χ1n) is 12.0. The minimum atomic E-state index is -0.303. The van der Waals surface area contributed by atoms with Crippen molar-refractivity contribution < 1.29 is 4.79 Å². The lowest BCUT2D eigenvalue weighted by Gasteiger charge is -2.35. The van der Waals surface area contributed by atoms with Gasteiger partial charge in [-0.1, -0.05) is 19.9 Å². The molecule has 7 heteroatoms. The number of hydrogen-bond acceptors (Lipinski definition) is 6. The van der Waals surface area contributed by atoms with E-state index >= 15 is 0 Å². The van der Waals surface area contributed by atoms with Gasteiger partial charge in [-0.15, -0.1) is 0 Å². The van der Waals surface area contributed by atoms with Gasteiger partial charge < -0.3 is 10.2 Å². The summed E-state index contributed by atoms with van der Waals surface area (Å²) in [5, 5.41) is 12.0. The Hall–Kier alpha value is -4.05. The zero-order valence-electron chi connectivity index (χ0n) is 20.2. The van der Waals surface area contributed by atoms with Gasteiger partial charge in [0.05, 0.1) is 17.8 Å². The molecule has 1 fully saturated rings. The molecule has 176 valence electrons. The van der Waals surface area contributed by atoms with Crippen LogP contribution < -0.4 is 10.2 Å². The number of fused-ring (bicyclic) bond motifs is 1. The summed E-state index contributed by atoms with van der Waals surface area (Å²) >= 11 is 0. The van der Waals surface area contributed by atoms with Gasteiger partial charge in [-0.2, -0.15) is 5.26 Å². The molecule has 2 atom stereocenters. The highest BCUT2D eigenvalue weighted by molar-refractivity contribution is 6.16. The number of nitrogens with zero attached hydrogens (tertiary/aromatic N) is 5. The molecular formula is C28H28N6O. The van der Waals surface area contributed by atoms with Gasteiger partial charge in [0.25, 0.3) is 5.91 Å². The Morgan fingerprint density at radius 2 is 1.91 bits per heavy atom. The van der Waals surface area contributed by atoms with Crippen LogP contribution >= 0.6 is 0 Å². The molecule has 3 aromatic rings. The van der Waals surface area contributed by atoms with Crippen LogP contribution in [0.25, 0.3) is 0 Å². The van der Waals surface area contributed by atoms with Crippen molar-refractivity contribution in [1.82, 2.24) is 9.97 Å². The predicted molar refractivity (Wildman–Crippen MR) is 137 cm³/mol. The summed E-state index contributed by atoms with van der Waals surface area (Å²) in [6, 6.07) is 13.7. The van der Waals surface area contributed by atoms with Crippen molar-refractivity contribution in [2.45, 2.75) is 33.7 Å². The first-order chi connectivity index (χ1) is 16.9. The molecule has 0 radical (unpaired) electrons. The molecule has 2 aliphatic rings. The molecule has 0 aliphatic carbocycles. The predicted octanol–water partition coefficient (Wildman–Crippen LogP) is 4.74. The minimum Gasteiger partial charge on any atom is -0.356 e. The number of nitriles is 1. The standard InChI is InChI=1S/C28H28N6O/c1-17-8-18(2)16-34(15-17)25-10-21(6-7-30-25)27-24-11-23(5-4-22(24)14-32-27)33-28(35)26-19(3)9-20(12-29)13-31-26/h4-7,9-11,13,17-18H,8,14-16H2,1-3H3,(H,33,35)/t17-,18+. The summed E-state index contributed by atoms with van der Waals surface area (Å²) < 4.78 is 0.